The zero-order valence-corrected chi connectivity index (χ0v) is 7.13. The molecule has 3 N–H and O–H groups in total. The Hall–Kier alpha value is -1.26. The Labute approximate surface area is 70.4 Å². The van der Waals surface area contributed by atoms with Crippen molar-refractivity contribution in [1.82, 2.24) is 5.32 Å². The van der Waals surface area contributed by atoms with Crippen molar-refractivity contribution in [3.05, 3.63) is 0 Å². The van der Waals surface area contributed by atoms with Crippen molar-refractivity contribution in [2.75, 3.05) is 0 Å². The Morgan fingerprint density at radius 3 is 2.17 bits per heavy atom. The normalized spacial score (nSPS) is 14.8. The Morgan fingerprint density at radius 2 is 1.92 bits per heavy atom. The molecule has 12 heavy (non-hydrogen) atoms. The summed E-state index contributed by atoms with van der Waals surface area (Å²) in [4.78, 5) is 20.8. The van der Waals surface area contributed by atoms with E-state index in [1.807, 2.05) is 5.32 Å². The fraction of sp³-hybridized carbons (Fsp3) is 0.714. The Balaban J connectivity index is 4.38. The van der Waals surface area contributed by atoms with E-state index < -0.39 is 17.6 Å². The van der Waals surface area contributed by atoms with Gasteiger partial charge in [-0.15, -0.1) is 0 Å². The molecule has 5 nitrogen and oxygen atoms in total. The maximum absolute atomic E-state index is 10.6. The fourth-order valence-corrected chi connectivity index (χ4v) is 0.959. The lowest BCUT2D eigenvalue weighted by molar-refractivity contribution is -0.144. The van der Waals surface area contributed by atoms with Gasteiger partial charge in [-0.2, -0.15) is 0 Å². The predicted octanol–water partition coefficient (Wildman–Crippen LogP) is 0.897. The molecular formula is C7H13NO4. The molecule has 0 bridgehead atoms. The summed E-state index contributed by atoms with van der Waals surface area (Å²) in [6, 6.07) is 0. The van der Waals surface area contributed by atoms with E-state index in [1.54, 1.807) is 6.92 Å². The molecule has 0 radical (unpaired) electrons. The molecule has 0 aromatic rings. The third kappa shape index (κ3) is 2.77. The lowest BCUT2D eigenvalue weighted by Gasteiger charge is -2.23. The average molecular weight is 175 g/mol. The maximum atomic E-state index is 10.6. The molecule has 5 heteroatoms. The number of carboxylic acids is 1. The maximum Gasteiger partial charge on any atom is 0.405 e. The summed E-state index contributed by atoms with van der Waals surface area (Å²) >= 11 is 0. The van der Waals surface area contributed by atoms with Crippen LogP contribution in [0.1, 0.15) is 26.7 Å². The van der Waals surface area contributed by atoms with Crippen LogP contribution >= 0.6 is 0 Å². The monoisotopic (exact) mass is 175 g/mol. The van der Waals surface area contributed by atoms with E-state index in [4.69, 9.17) is 10.2 Å². The quantitative estimate of drug-likeness (QED) is 0.592. The first kappa shape index (κ1) is 10.7. The molecule has 1 unspecified atom stereocenters. The van der Waals surface area contributed by atoms with Crippen molar-refractivity contribution in [3.63, 3.8) is 0 Å². The molecular weight excluding hydrogens is 162 g/mol. The van der Waals surface area contributed by atoms with E-state index in [2.05, 4.69) is 0 Å². The van der Waals surface area contributed by atoms with Gasteiger partial charge in [0.25, 0.3) is 0 Å². The lowest BCUT2D eigenvalue weighted by atomic mass is 9.97. The Kier molecular flexibility index (Phi) is 3.53. The Bertz CT molecular complexity index is 192. The van der Waals surface area contributed by atoms with Gasteiger partial charge < -0.3 is 15.5 Å². The molecule has 1 atom stereocenters. The molecule has 0 saturated carbocycles. The van der Waals surface area contributed by atoms with Crippen molar-refractivity contribution in [1.29, 1.82) is 0 Å². The van der Waals surface area contributed by atoms with Crippen LogP contribution in [0.25, 0.3) is 0 Å². The predicted molar refractivity (Wildman–Crippen MR) is 42.1 cm³/mol. The summed E-state index contributed by atoms with van der Waals surface area (Å²) in [6.45, 7) is 3.15. The minimum Gasteiger partial charge on any atom is -0.480 e. The SMILES string of the molecule is CCCC(C)(NC(=O)O)C(=O)O. The van der Waals surface area contributed by atoms with Crippen LogP contribution in [0, 0.1) is 0 Å². The third-order valence-corrected chi connectivity index (χ3v) is 1.60. The fourth-order valence-electron chi connectivity index (χ4n) is 0.959. The zero-order valence-electron chi connectivity index (χ0n) is 7.13. The molecule has 0 aliphatic heterocycles. The summed E-state index contributed by atoms with van der Waals surface area (Å²) < 4.78 is 0. The number of rotatable bonds is 4. The van der Waals surface area contributed by atoms with Gasteiger partial charge in [-0.05, 0) is 13.3 Å². The van der Waals surface area contributed by atoms with Crippen LogP contribution < -0.4 is 5.32 Å². The van der Waals surface area contributed by atoms with Crippen LogP contribution in [0.15, 0.2) is 0 Å². The van der Waals surface area contributed by atoms with Crippen molar-refractivity contribution in [2.24, 2.45) is 0 Å². The van der Waals surface area contributed by atoms with Crippen molar-refractivity contribution < 1.29 is 19.8 Å². The molecule has 0 rings (SSSR count). The third-order valence-electron chi connectivity index (χ3n) is 1.60. The number of carboxylic acid groups (broad SMARTS) is 2. The number of hydrogen-bond donors (Lipinski definition) is 3. The molecule has 0 saturated heterocycles. The lowest BCUT2D eigenvalue weighted by Crippen LogP contribution is -2.51. The summed E-state index contributed by atoms with van der Waals surface area (Å²) in [7, 11) is 0. The van der Waals surface area contributed by atoms with Crippen LogP contribution in [0.5, 0.6) is 0 Å². The standard InChI is InChI=1S/C7H13NO4/c1-3-4-7(2,5(9)10)8-6(11)12/h8H,3-4H2,1-2H3,(H,9,10)(H,11,12). The minimum atomic E-state index is -1.36. The molecule has 0 spiro atoms. The first-order chi connectivity index (χ1) is 5.42. The van der Waals surface area contributed by atoms with E-state index in [-0.39, 0.29) is 6.42 Å². The van der Waals surface area contributed by atoms with Gasteiger partial charge in [-0.1, -0.05) is 13.3 Å². The van der Waals surface area contributed by atoms with Crippen LogP contribution in [-0.4, -0.2) is 27.8 Å². The second-order valence-electron chi connectivity index (χ2n) is 2.82. The summed E-state index contributed by atoms with van der Waals surface area (Å²) in [5.74, 6) is -1.15. The van der Waals surface area contributed by atoms with Gasteiger partial charge in [0.05, 0.1) is 0 Å². The van der Waals surface area contributed by atoms with E-state index in [0.717, 1.165) is 0 Å². The van der Waals surface area contributed by atoms with Crippen LogP contribution in [0.4, 0.5) is 4.79 Å². The van der Waals surface area contributed by atoms with Crippen LogP contribution in [0.3, 0.4) is 0 Å². The number of aliphatic carboxylic acids is 1. The summed E-state index contributed by atoms with van der Waals surface area (Å²) in [5, 5.41) is 19.0. The van der Waals surface area contributed by atoms with Gasteiger partial charge in [0.1, 0.15) is 5.54 Å². The molecule has 1 amide bonds. The molecule has 70 valence electrons. The van der Waals surface area contributed by atoms with E-state index in [9.17, 15) is 9.59 Å². The van der Waals surface area contributed by atoms with Crippen molar-refractivity contribution in [2.45, 2.75) is 32.2 Å². The molecule has 0 aromatic heterocycles. The molecule has 0 fully saturated rings. The first-order valence-electron chi connectivity index (χ1n) is 3.67. The first-order valence-corrected chi connectivity index (χ1v) is 3.67. The van der Waals surface area contributed by atoms with Gasteiger partial charge in [0.2, 0.25) is 0 Å². The highest BCUT2D eigenvalue weighted by Crippen LogP contribution is 2.11. The number of hydrogen-bond acceptors (Lipinski definition) is 2. The zero-order chi connectivity index (χ0) is 9.78. The second-order valence-corrected chi connectivity index (χ2v) is 2.82. The van der Waals surface area contributed by atoms with Crippen LogP contribution in [0.2, 0.25) is 0 Å². The highest BCUT2D eigenvalue weighted by atomic mass is 16.4. The van der Waals surface area contributed by atoms with Crippen LogP contribution in [-0.2, 0) is 4.79 Å². The van der Waals surface area contributed by atoms with Gasteiger partial charge in [-0.3, -0.25) is 0 Å². The summed E-state index contributed by atoms with van der Waals surface area (Å²) in [5.41, 5.74) is -1.36. The van der Waals surface area contributed by atoms with Crippen molar-refractivity contribution in [3.8, 4) is 0 Å². The van der Waals surface area contributed by atoms with Crippen molar-refractivity contribution >= 4 is 12.1 Å². The van der Waals surface area contributed by atoms with Gasteiger partial charge in [-0.25, -0.2) is 9.59 Å². The van der Waals surface area contributed by atoms with E-state index >= 15 is 0 Å². The number of nitrogens with one attached hydrogen (secondary N) is 1. The highest BCUT2D eigenvalue weighted by Gasteiger charge is 2.33. The molecule has 0 aliphatic rings. The summed E-state index contributed by atoms with van der Waals surface area (Å²) in [6.07, 6.45) is -0.411. The van der Waals surface area contributed by atoms with Gasteiger partial charge >= 0.3 is 12.1 Å². The second kappa shape index (κ2) is 3.94. The van der Waals surface area contributed by atoms with E-state index in [0.29, 0.717) is 6.42 Å². The smallest absolute Gasteiger partial charge is 0.405 e. The Morgan fingerprint density at radius 1 is 1.42 bits per heavy atom. The minimum absolute atomic E-state index is 0.286. The molecule has 0 aliphatic carbocycles. The molecule has 0 aromatic carbocycles. The largest absolute Gasteiger partial charge is 0.480 e. The van der Waals surface area contributed by atoms with Gasteiger partial charge in [0, 0.05) is 0 Å². The van der Waals surface area contributed by atoms with E-state index in [1.165, 1.54) is 6.92 Å². The molecule has 0 heterocycles. The number of carbonyl (C=O) groups is 2. The average Bonchev–Trinajstić information content (AvgIpc) is 1.85. The topological polar surface area (TPSA) is 86.6 Å². The van der Waals surface area contributed by atoms with Gasteiger partial charge in [0.15, 0.2) is 0 Å². The highest BCUT2D eigenvalue weighted by molar-refractivity contribution is 5.83. The number of amides is 1.